The quantitative estimate of drug-likeness (QED) is 0.701. The van der Waals surface area contributed by atoms with Crippen LogP contribution in [0.2, 0.25) is 0 Å². The molecule has 1 atom stereocenters. The molecule has 19 heavy (non-hydrogen) atoms. The van der Waals surface area contributed by atoms with Gasteiger partial charge in [0.15, 0.2) is 0 Å². The molecule has 96 valence electrons. The Labute approximate surface area is 115 Å². The van der Waals surface area contributed by atoms with Gasteiger partial charge in [-0.3, -0.25) is 4.98 Å². The van der Waals surface area contributed by atoms with E-state index in [2.05, 4.69) is 63.3 Å². The van der Waals surface area contributed by atoms with E-state index in [1.807, 2.05) is 0 Å². The largest absolute Gasteiger partial charge is 0.252 e. The van der Waals surface area contributed by atoms with Crippen molar-refractivity contribution in [3.8, 4) is 11.3 Å². The molecule has 1 heterocycles. The summed E-state index contributed by atoms with van der Waals surface area (Å²) in [5, 5.41) is 0. The van der Waals surface area contributed by atoms with Crippen molar-refractivity contribution in [2.75, 3.05) is 0 Å². The third-order valence-corrected chi connectivity index (χ3v) is 3.73. The van der Waals surface area contributed by atoms with Gasteiger partial charge >= 0.3 is 0 Å². The Morgan fingerprint density at radius 2 is 1.79 bits per heavy atom. The Morgan fingerprint density at radius 1 is 1.05 bits per heavy atom. The summed E-state index contributed by atoms with van der Waals surface area (Å²) >= 11 is 0. The molecular weight excluding hydrogens is 230 g/mol. The first-order valence-electron chi connectivity index (χ1n) is 6.89. The summed E-state index contributed by atoms with van der Waals surface area (Å²) < 4.78 is 0. The molecule has 1 nitrogen and oxygen atoms in total. The van der Waals surface area contributed by atoms with Gasteiger partial charge in [0.05, 0.1) is 11.4 Å². The summed E-state index contributed by atoms with van der Waals surface area (Å²) in [6.07, 6.45) is 5.52. The Bertz CT molecular complexity index is 632. The predicted octanol–water partition coefficient (Wildman–Crippen LogP) is 4.89. The summed E-state index contributed by atoms with van der Waals surface area (Å²) in [5.41, 5.74) is 7.41. The van der Waals surface area contributed by atoms with E-state index in [0.29, 0.717) is 5.92 Å². The Morgan fingerprint density at radius 3 is 2.53 bits per heavy atom. The second kappa shape index (κ2) is 4.65. The number of aromatic nitrogens is 1. The minimum absolute atomic E-state index is 0.519. The highest BCUT2D eigenvalue weighted by atomic mass is 14.7. The van der Waals surface area contributed by atoms with Crippen LogP contribution in [0, 0.1) is 13.8 Å². The van der Waals surface area contributed by atoms with Crippen LogP contribution >= 0.6 is 0 Å². The van der Waals surface area contributed by atoms with Crippen LogP contribution in [0.25, 0.3) is 17.3 Å². The van der Waals surface area contributed by atoms with E-state index in [-0.39, 0.29) is 0 Å². The molecule has 0 amide bonds. The van der Waals surface area contributed by atoms with Crippen molar-refractivity contribution in [2.24, 2.45) is 0 Å². The number of rotatable bonds is 1. The molecule has 0 aliphatic heterocycles. The van der Waals surface area contributed by atoms with E-state index in [4.69, 9.17) is 4.98 Å². The Kier molecular flexibility index (Phi) is 2.98. The lowest BCUT2D eigenvalue weighted by atomic mass is 9.92. The second-order valence-corrected chi connectivity index (χ2v) is 5.59. The van der Waals surface area contributed by atoms with E-state index >= 15 is 0 Å². The van der Waals surface area contributed by atoms with Crippen LogP contribution in [-0.2, 0) is 0 Å². The number of fused-ring (bicyclic) bond motifs is 1. The second-order valence-electron chi connectivity index (χ2n) is 5.59. The number of benzene rings is 1. The topological polar surface area (TPSA) is 12.9 Å². The average molecular weight is 249 g/mol. The van der Waals surface area contributed by atoms with Crippen LogP contribution in [0.1, 0.15) is 41.6 Å². The summed E-state index contributed by atoms with van der Waals surface area (Å²) in [6, 6.07) is 11.0. The van der Waals surface area contributed by atoms with E-state index in [0.717, 1.165) is 12.1 Å². The number of aryl methyl sites for hydroxylation is 2. The zero-order valence-corrected chi connectivity index (χ0v) is 11.8. The molecule has 0 radical (unpaired) electrons. The van der Waals surface area contributed by atoms with Crippen LogP contribution in [0.4, 0.5) is 0 Å². The monoisotopic (exact) mass is 249 g/mol. The Balaban J connectivity index is 2.11. The zero-order valence-electron chi connectivity index (χ0n) is 11.8. The molecule has 1 aromatic heterocycles. The van der Waals surface area contributed by atoms with Gasteiger partial charge in [0.25, 0.3) is 0 Å². The lowest BCUT2D eigenvalue weighted by molar-refractivity contribution is 0.741. The molecule has 0 fully saturated rings. The molecule has 0 spiro atoms. The minimum atomic E-state index is 0.519. The zero-order chi connectivity index (χ0) is 13.4. The molecule has 1 heteroatoms. The summed E-state index contributed by atoms with van der Waals surface area (Å²) in [7, 11) is 0. The molecule has 0 N–H and O–H groups in total. The van der Waals surface area contributed by atoms with E-state index in [9.17, 15) is 0 Å². The molecule has 0 bridgehead atoms. The van der Waals surface area contributed by atoms with Gasteiger partial charge in [-0.05, 0) is 44.0 Å². The molecule has 1 aliphatic carbocycles. The van der Waals surface area contributed by atoms with Crippen LogP contribution in [0.3, 0.4) is 0 Å². The van der Waals surface area contributed by atoms with Gasteiger partial charge < -0.3 is 0 Å². The number of nitrogens with zero attached hydrogens (tertiary/aromatic N) is 1. The van der Waals surface area contributed by atoms with Gasteiger partial charge in [0, 0.05) is 11.5 Å². The molecular formula is C18H19N. The highest BCUT2D eigenvalue weighted by Crippen LogP contribution is 2.30. The summed E-state index contributed by atoms with van der Waals surface area (Å²) in [4.78, 5) is 4.90. The first-order chi connectivity index (χ1) is 9.13. The third-order valence-electron chi connectivity index (χ3n) is 3.73. The summed E-state index contributed by atoms with van der Waals surface area (Å²) in [6.45, 7) is 6.53. The number of hydrogen-bond acceptors (Lipinski definition) is 1. The first kappa shape index (κ1) is 12.2. The lowest BCUT2D eigenvalue weighted by Crippen LogP contribution is -2.04. The smallest absolute Gasteiger partial charge is 0.0706 e. The predicted molar refractivity (Wildman–Crippen MR) is 81.2 cm³/mol. The standard InChI is InChI=1S/C18H19N/c1-12-9-13(2)11-16(10-12)17-8-7-15-6-4-5-14(3)18(15)19-17/h4,6-11,14H,5H2,1-3H3. The van der Waals surface area contributed by atoms with Crippen molar-refractivity contribution >= 4 is 6.08 Å². The number of allylic oxidation sites excluding steroid dienone is 1. The van der Waals surface area contributed by atoms with Gasteiger partial charge in [-0.1, -0.05) is 42.3 Å². The van der Waals surface area contributed by atoms with E-state index in [1.54, 1.807) is 0 Å². The highest BCUT2D eigenvalue weighted by Gasteiger charge is 2.15. The fourth-order valence-electron chi connectivity index (χ4n) is 2.82. The van der Waals surface area contributed by atoms with Crippen LogP contribution in [-0.4, -0.2) is 4.98 Å². The van der Waals surface area contributed by atoms with Crippen molar-refractivity contribution in [2.45, 2.75) is 33.1 Å². The van der Waals surface area contributed by atoms with Crippen LogP contribution in [0.5, 0.6) is 0 Å². The average Bonchev–Trinajstić information content (AvgIpc) is 2.38. The SMILES string of the molecule is Cc1cc(C)cc(-c2ccc3c(n2)C(C)CC=C3)c1. The van der Waals surface area contributed by atoms with Crippen molar-refractivity contribution < 1.29 is 0 Å². The minimum Gasteiger partial charge on any atom is -0.252 e. The van der Waals surface area contributed by atoms with E-state index in [1.165, 1.54) is 27.9 Å². The third kappa shape index (κ3) is 2.33. The normalized spacial score (nSPS) is 17.3. The van der Waals surface area contributed by atoms with Crippen molar-refractivity contribution in [3.05, 3.63) is 58.8 Å². The van der Waals surface area contributed by atoms with Crippen molar-refractivity contribution in [3.63, 3.8) is 0 Å². The Hall–Kier alpha value is -1.89. The van der Waals surface area contributed by atoms with Gasteiger partial charge in [-0.25, -0.2) is 0 Å². The number of pyridine rings is 1. The number of hydrogen-bond donors (Lipinski definition) is 0. The first-order valence-corrected chi connectivity index (χ1v) is 6.89. The fraction of sp³-hybridized carbons (Fsp3) is 0.278. The molecule has 3 rings (SSSR count). The molecule has 2 aromatic rings. The molecule has 0 saturated carbocycles. The maximum Gasteiger partial charge on any atom is 0.0706 e. The van der Waals surface area contributed by atoms with Crippen molar-refractivity contribution in [1.82, 2.24) is 4.98 Å². The summed E-state index contributed by atoms with van der Waals surface area (Å²) in [5.74, 6) is 0.519. The highest BCUT2D eigenvalue weighted by molar-refractivity contribution is 5.65. The van der Waals surface area contributed by atoms with Crippen LogP contribution in [0.15, 0.2) is 36.4 Å². The van der Waals surface area contributed by atoms with Gasteiger partial charge in [-0.2, -0.15) is 0 Å². The maximum absolute atomic E-state index is 4.90. The van der Waals surface area contributed by atoms with Crippen molar-refractivity contribution in [1.29, 1.82) is 0 Å². The molecule has 1 aliphatic rings. The van der Waals surface area contributed by atoms with Crippen LogP contribution < -0.4 is 0 Å². The lowest BCUT2D eigenvalue weighted by Gasteiger charge is -2.17. The molecule has 1 unspecified atom stereocenters. The van der Waals surface area contributed by atoms with Gasteiger partial charge in [-0.15, -0.1) is 0 Å². The van der Waals surface area contributed by atoms with E-state index < -0.39 is 0 Å². The molecule has 1 aromatic carbocycles. The maximum atomic E-state index is 4.90. The fourth-order valence-corrected chi connectivity index (χ4v) is 2.82. The van der Waals surface area contributed by atoms with Gasteiger partial charge in [0.1, 0.15) is 0 Å². The van der Waals surface area contributed by atoms with Gasteiger partial charge in [0.2, 0.25) is 0 Å². The molecule has 0 saturated heterocycles.